The van der Waals surface area contributed by atoms with E-state index in [4.69, 9.17) is 23.2 Å². The first-order valence-electron chi connectivity index (χ1n) is 4.76. The minimum atomic E-state index is -0.533. The van der Waals surface area contributed by atoms with E-state index in [9.17, 15) is 5.11 Å². The lowest BCUT2D eigenvalue weighted by molar-refractivity contribution is -0.0322. The maximum atomic E-state index is 9.98. The Morgan fingerprint density at radius 3 is 2.57 bits per heavy atom. The molecule has 1 nitrogen and oxygen atoms in total. The molecule has 2 rings (SSSR count). The Morgan fingerprint density at radius 2 is 2.00 bits per heavy atom. The summed E-state index contributed by atoms with van der Waals surface area (Å²) in [5.74, 6) is 0. The third kappa shape index (κ3) is 1.90. The molecule has 1 aliphatic carbocycles. The Hall–Kier alpha value is -0.240. The average Bonchev–Trinajstić information content (AvgIpc) is 2.10. The van der Waals surface area contributed by atoms with Gasteiger partial charge in [-0.15, -0.1) is 0 Å². The topological polar surface area (TPSA) is 20.2 Å². The molecule has 0 heterocycles. The van der Waals surface area contributed by atoms with Crippen LogP contribution >= 0.6 is 23.2 Å². The summed E-state index contributed by atoms with van der Waals surface area (Å²) >= 11 is 11.9. The molecule has 0 unspecified atom stereocenters. The van der Waals surface area contributed by atoms with E-state index in [0.717, 1.165) is 24.8 Å². The highest BCUT2D eigenvalue weighted by atomic mass is 35.5. The predicted octanol–water partition coefficient (Wildman–Crippen LogP) is 3.45. The van der Waals surface area contributed by atoms with Gasteiger partial charge < -0.3 is 5.11 Å². The van der Waals surface area contributed by atoms with E-state index in [0.29, 0.717) is 16.5 Å². The van der Waals surface area contributed by atoms with Crippen LogP contribution in [0, 0.1) is 0 Å². The van der Waals surface area contributed by atoms with Gasteiger partial charge in [-0.3, -0.25) is 0 Å². The zero-order valence-electron chi connectivity index (χ0n) is 7.76. The fourth-order valence-corrected chi connectivity index (χ4v) is 2.19. The molecule has 0 spiro atoms. The van der Waals surface area contributed by atoms with Gasteiger partial charge in [0, 0.05) is 6.42 Å². The van der Waals surface area contributed by atoms with Gasteiger partial charge in [-0.25, -0.2) is 0 Å². The number of benzene rings is 1. The maximum absolute atomic E-state index is 9.98. The van der Waals surface area contributed by atoms with Crippen LogP contribution < -0.4 is 0 Å². The van der Waals surface area contributed by atoms with Crippen LogP contribution in [0.4, 0.5) is 0 Å². The fourth-order valence-electron chi connectivity index (χ4n) is 1.80. The van der Waals surface area contributed by atoms with E-state index in [-0.39, 0.29) is 0 Å². The number of rotatable bonds is 2. The predicted molar refractivity (Wildman–Crippen MR) is 59.0 cm³/mol. The van der Waals surface area contributed by atoms with Crippen molar-refractivity contribution in [2.45, 2.75) is 31.3 Å². The SMILES string of the molecule is OC1(Cc2cccc(Cl)c2Cl)CCC1. The first kappa shape index (κ1) is 10.3. The molecule has 1 aromatic rings. The van der Waals surface area contributed by atoms with Crippen LogP contribution in [0.3, 0.4) is 0 Å². The van der Waals surface area contributed by atoms with E-state index >= 15 is 0 Å². The molecule has 0 bridgehead atoms. The molecule has 0 atom stereocenters. The highest BCUT2D eigenvalue weighted by molar-refractivity contribution is 6.42. The second kappa shape index (κ2) is 3.73. The summed E-state index contributed by atoms with van der Waals surface area (Å²) < 4.78 is 0. The summed E-state index contributed by atoms with van der Waals surface area (Å²) in [4.78, 5) is 0. The van der Waals surface area contributed by atoms with Crippen molar-refractivity contribution >= 4 is 23.2 Å². The second-order valence-electron chi connectivity index (χ2n) is 3.97. The highest BCUT2D eigenvalue weighted by Crippen LogP contribution is 2.37. The van der Waals surface area contributed by atoms with Crippen molar-refractivity contribution < 1.29 is 5.11 Å². The highest BCUT2D eigenvalue weighted by Gasteiger charge is 2.34. The standard InChI is InChI=1S/C11H12Cl2O/c12-9-4-1-3-8(10(9)13)7-11(14)5-2-6-11/h1,3-4,14H,2,5-7H2. The smallest absolute Gasteiger partial charge is 0.0688 e. The van der Waals surface area contributed by atoms with Gasteiger partial charge >= 0.3 is 0 Å². The Morgan fingerprint density at radius 1 is 1.29 bits per heavy atom. The van der Waals surface area contributed by atoms with Crippen molar-refractivity contribution in [2.75, 3.05) is 0 Å². The van der Waals surface area contributed by atoms with Gasteiger partial charge in [-0.1, -0.05) is 35.3 Å². The monoisotopic (exact) mass is 230 g/mol. The van der Waals surface area contributed by atoms with E-state index in [2.05, 4.69) is 0 Å². The molecule has 1 N–H and O–H groups in total. The first-order valence-corrected chi connectivity index (χ1v) is 5.52. The molecule has 0 aromatic heterocycles. The molecular formula is C11H12Cl2O. The average molecular weight is 231 g/mol. The van der Waals surface area contributed by atoms with E-state index in [1.165, 1.54) is 0 Å². The summed E-state index contributed by atoms with van der Waals surface area (Å²) in [6.07, 6.45) is 3.47. The van der Waals surface area contributed by atoms with Gasteiger partial charge in [0.15, 0.2) is 0 Å². The lowest BCUT2D eigenvalue weighted by Crippen LogP contribution is -2.38. The van der Waals surface area contributed by atoms with E-state index in [1.54, 1.807) is 6.07 Å². The fraction of sp³-hybridized carbons (Fsp3) is 0.455. The van der Waals surface area contributed by atoms with Crippen LogP contribution in [-0.2, 0) is 6.42 Å². The molecule has 1 saturated carbocycles. The summed E-state index contributed by atoms with van der Waals surface area (Å²) in [5, 5.41) is 11.1. The summed E-state index contributed by atoms with van der Waals surface area (Å²) in [7, 11) is 0. The van der Waals surface area contributed by atoms with E-state index in [1.807, 2.05) is 12.1 Å². The molecule has 3 heteroatoms. The van der Waals surface area contributed by atoms with Crippen molar-refractivity contribution in [2.24, 2.45) is 0 Å². The Labute approximate surface area is 93.7 Å². The van der Waals surface area contributed by atoms with Gasteiger partial charge in [0.25, 0.3) is 0 Å². The number of halogens is 2. The number of hydrogen-bond donors (Lipinski definition) is 1. The quantitative estimate of drug-likeness (QED) is 0.826. The van der Waals surface area contributed by atoms with Gasteiger partial charge in [0.05, 0.1) is 15.6 Å². The van der Waals surface area contributed by atoms with Crippen molar-refractivity contribution in [3.63, 3.8) is 0 Å². The lowest BCUT2D eigenvalue weighted by atomic mass is 9.76. The molecule has 0 radical (unpaired) electrons. The normalized spacial score (nSPS) is 19.1. The summed E-state index contributed by atoms with van der Waals surface area (Å²) in [6, 6.07) is 5.55. The third-order valence-electron chi connectivity index (χ3n) is 2.84. The third-order valence-corrected chi connectivity index (χ3v) is 3.69. The molecule has 1 aliphatic rings. The lowest BCUT2D eigenvalue weighted by Gasteiger charge is -2.37. The Balaban J connectivity index is 2.20. The zero-order chi connectivity index (χ0) is 10.2. The first-order chi connectivity index (χ1) is 6.61. The van der Waals surface area contributed by atoms with E-state index < -0.39 is 5.60 Å². The molecule has 14 heavy (non-hydrogen) atoms. The second-order valence-corrected chi connectivity index (χ2v) is 4.75. The van der Waals surface area contributed by atoms with Crippen molar-refractivity contribution in [3.8, 4) is 0 Å². The molecular weight excluding hydrogens is 219 g/mol. The van der Waals surface area contributed by atoms with Crippen LogP contribution in [0.2, 0.25) is 10.0 Å². The van der Waals surface area contributed by atoms with Crippen LogP contribution in [0.25, 0.3) is 0 Å². The largest absolute Gasteiger partial charge is 0.390 e. The Kier molecular flexibility index (Phi) is 2.74. The van der Waals surface area contributed by atoms with Crippen LogP contribution in [0.1, 0.15) is 24.8 Å². The van der Waals surface area contributed by atoms with Gasteiger partial charge in [-0.2, -0.15) is 0 Å². The van der Waals surface area contributed by atoms with Gasteiger partial charge in [0.1, 0.15) is 0 Å². The number of aliphatic hydroxyl groups is 1. The molecule has 1 aromatic carbocycles. The summed E-state index contributed by atoms with van der Waals surface area (Å²) in [6.45, 7) is 0. The molecule has 0 saturated heterocycles. The molecule has 0 amide bonds. The molecule has 0 aliphatic heterocycles. The maximum Gasteiger partial charge on any atom is 0.0688 e. The minimum absolute atomic E-state index is 0.533. The van der Waals surface area contributed by atoms with Gasteiger partial charge in [-0.05, 0) is 30.9 Å². The minimum Gasteiger partial charge on any atom is -0.390 e. The van der Waals surface area contributed by atoms with Gasteiger partial charge in [0.2, 0.25) is 0 Å². The zero-order valence-corrected chi connectivity index (χ0v) is 9.28. The van der Waals surface area contributed by atoms with Crippen LogP contribution in [0.15, 0.2) is 18.2 Å². The molecule has 76 valence electrons. The van der Waals surface area contributed by atoms with Crippen molar-refractivity contribution in [3.05, 3.63) is 33.8 Å². The van der Waals surface area contributed by atoms with Crippen molar-refractivity contribution in [1.29, 1.82) is 0 Å². The number of hydrogen-bond acceptors (Lipinski definition) is 1. The van der Waals surface area contributed by atoms with Crippen LogP contribution in [-0.4, -0.2) is 10.7 Å². The summed E-state index contributed by atoms with van der Waals surface area (Å²) in [5.41, 5.74) is 0.412. The Bertz CT molecular complexity index is 345. The van der Waals surface area contributed by atoms with Crippen molar-refractivity contribution in [1.82, 2.24) is 0 Å². The molecule has 1 fully saturated rings. The van der Waals surface area contributed by atoms with Crippen LogP contribution in [0.5, 0.6) is 0 Å².